The molecule has 53 heavy (non-hydrogen) atoms. The number of carbonyl (C=O) groups excluding carboxylic acids is 3. The molecule has 15 nitrogen and oxygen atoms in total. The minimum atomic E-state index is -1.32. The lowest BCUT2D eigenvalue weighted by Crippen LogP contribution is -2.50. The van der Waals surface area contributed by atoms with Gasteiger partial charge in [-0.15, -0.1) is 0 Å². The van der Waals surface area contributed by atoms with E-state index in [0.717, 1.165) is 21.6 Å². The number of benzene rings is 2. The van der Waals surface area contributed by atoms with Crippen LogP contribution >= 0.6 is 0 Å². The molecule has 0 saturated carbocycles. The number of imide groups is 1. The molecule has 1 fully saturated rings. The summed E-state index contributed by atoms with van der Waals surface area (Å²) in [6.07, 6.45) is 1.13. The zero-order valence-corrected chi connectivity index (χ0v) is 31.0. The SMILES string of the molecule is CCCN(C(=O)O)C(=O)N1CCCC1c1nc(-c2ccccc2-c2ccccc2)cn1-c1nc(CC(C)C)[nH]c1NC(=O)[C@@H](NC(=O)OC)[C@@H](C)OC. The minimum Gasteiger partial charge on any atom is -0.465 e. The Labute approximate surface area is 308 Å². The summed E-state index contributed by atoms with van der Waals surface area (Å²) in [5, 5.41) is 15.4. The zero-order valence-electron chi connectivity index (χ0n) is 31.0. The van der Waals surface area contributed by atoms with E-state index < -0.39 is 42.3 Å². The van der Waals surface area contributed by atoms with E-state index in [9.17, 15) is 24.3 Å². The maximum Gasteiger partial charge on any atom is 0.415 e. The number of H-pyrrole nitrogens is 1. The Balaban J connectivity index is 1.69. The summed E-state index contributed by atoms with van der Waals surface area (Å²) in [5.74, 6) is 1.21. The smallest absolute Gasteiger partial charge is 0.415 e. The number of aromatic amines is 1. The number of ether oxygens (including phenoxy) is 2. The maximum absolute atomic E-state index is 13.8. The van der Waals surface area contributed by atoms with Crippen LogP contribution in [-0.2, 0) is 20.7 Å². The highest BCUT2D eigenvalue weighted by molar-refractivity contribution is 5.97. The average molecular weight is 729 g/mol. The van der Waals surface area contributed by atoms with Crippen LogP contribution in [0.25, 0.3) is 28.2 Å². The molecule has 3 atom stereocenters. The molecule has 5 amide bonds. The van der Waals surface area contributed by atoms with Gasteiger partial charge in [-0.25, -0.2) is 29.3 Å². The van der Waals surface area contributed by atoms with Gasteiger partial charge < -0.3 is 35.1 Å². The van der Waals surface area contributed by atoms with E-state index in [0.29, 0.717) is 55.4 Å². The molecule has 5 rings (SSSR count). The lowest BCUT2D eigenvalue weighted by molar-refractivity contribution is -0.121. The van der Waals surface area contributed by atoms with Crippen molar-refractivity contribution in [3.63, 3.8) is 0 Å². The fourth-order valence-corrected chi connectivity index (χ4v) is 6.50. The third kappa shape index (κ3) is 8.68. The van der Waals surface area contributed by atoms with Gasteiger partial charge in [0.05, 0.1) is 24.9 Å². The molecule has 15 heteroatoms. The maximum atomic E-state index is 13.8. The Bertz CT molecular complexity index is 1910. The number of amides is 5. The van der Waals surface area contributed by atoms with Crippen LogP contribution in [0, 0.1) is 5.92 Å². The number of hydrogen-bond acceptors (Lipinski definition) is 8. The number of alkyl carbamates (subject to hydrolysis) is 1. The molecule has 0 aliphatic carbocycles. The van der Waals surface area contributed by atoms with Crippen LogP contribution < -0.4 is 10.6 Å². The van der Waals surface area contributed by atoms with Gasteiger partial charge in [-0.2, -0.15) is 0 Å². The van der Waals surface area contributed by atoms with Gasteiger partial charge in [0.2, 0.25) is 0 Å². The lowest BCUT2D eigenvalue weighted by Gasteiger charge is -2.29. The first-order chi connectivity index (χ1) is 25.5. The third-order valence-corrected chi connectivity index (χ3v) is 9.12. The number of rotatable bonds is 13. The molecule has 2 aromatic carbocycles. The highest BCUT2D eigenvalue weighted by Crippen LogP contribution is 2.38. The highest BCUT2D eigenvalue weighted by atomic mass is 16.5. The number of anilines is 1. The van der Waals surface area contributed by atoms with Crippen molar-refractivity contribution >= 4 is 29.9 Å². The monoisotopic (exact) mass is 728 g/mol. The predicted molar refractivity (Wildman–Crippen MR) is 199 cm³/mol. The van der Waals surface area contributed by atoms with Gasteiger partial charge >= 0.3 is 18.2 Å². The van der Waals surface area contributed by atoms with Crippen molar-refractivity contribution in [1.29, 1.82) is 0 Å². The number of nitrogens with zero attached hydrogens (tertiary/aromatic N) is 5. The first kappa shape index (κ1) is 38.5. The Morgan fingerprint density at radius 1 is 1.02 bits per heavy atom. The van der Waals surface area contributed by atoms with Crippen LogP contribution in [0.5, 0.6) is 0 Å². The van der Waals surface area contributed by atoms with Gasteiger partial charge in [0.25, 0.3) is 5.91 Å². The molecule has 2 aromatic heterocycles. The number of likely N-dealkylation sites (tertiary alicyclic amines) is 1. The van der Waals surface area contributed by atoms with Gasteiger partial charge in [-0.1, -0.05) is 75.4 Å². The number of nitrogens with one attached hydrogen (secondary N) is 3. The van der Waals surface area contributed by atoms with Crippen molar-refractivity contribution in [3.8, 4) is 28.2 Å². The summed E-state index contributed by atoms with van der Waals surface area (Å²) in [7, 11) is 2.63. The molecule has 282 valence electrons. The van der Waals surface area contributed by atoms with Crippen molar-refractivity contribution in [3.05, 3.63) is 72.4 Å². The average Bonchev–Trinajstić information content (AvgIpc) is 3.90. The van der Waals surface area contributed by atoms with E-state index in [-0.39, 0.29) is 18.3 Å². The van der Waals surface area contributed by atoms with E-state index >= 15 is 0 Å². The second kappa shape index (κ2) is 17.2. The first-order valence-electron chi connectivity index (χ1n) is 17.8. The summed E-state index contributed by atoms with van der Waals surface area (Å²) in [4.78, 5) is 67.9. The number of carboxylic acid groups (broad SMARTS) is 1. The van der Waals surface area contributed by atoms with Crippen LogP contribution in [0.4, 0.5) is 20.2 Å². The summed E-state index contributed by atoms with van der Waals surface area (Å²) < 4.78 is 11.9. The van der Waals surface area contributed by atoms with Crippen molar-refractivity contribution in [2.75, 3.05) is 32.6 Å². The fourth-order valence-electron chi connectivity index (χ4n) is 6.50. The molecule has 1 aliphatic rings. The molecule has 0 bridgehead atoms. The van der Waals surface area contributed by atoms with Crippen LogP contribution in [0.3, 0.4) is 0 Å². The number of methoxy groups -OCH3 is 2. The molecular weight excluding hydrogens is 680 g/mol. The minimum absolute atomic E-state index is 0.0519. The summed E-state index contributed by atoms with van der Waals surface area (Å²) in [6.45, 7) is 7.94. The largest absolute Gasteiger partial charge is 0.465 e. The molecule has 1 aliphatic heterocycles. The Kier molecular flexibility index (Phi) is 12.5. The van der Waals surface area contributed by atoms with E-state index in [2.05, 4.69) is 15.6 Å². The van der Waals surface area contributed by atoms with E-state index in [1.54, 1.807) is 16.4 Å². The number of carbonyl (C=O) groups is 4. The zero-order chi connectivity index (χ0) is 38.2. The Morgan fingerprint density at radius 3 is 2.36 bits per heavy atom. The summed E-state index contributed by atoms with van der Waals surface area (Å²) in [6, 6.07) is 15.4. The third-order valence-electron chi connectivity index (χ3n) is 9.12. The van der Waals surface area contributed by atoms with E-state index in [1.807, 2.05) is 81.6 Å². The summed E-state index contributed by atoms with van der Waals surface area (Å²) >= 11 is 0. The van der Waals surface area contributed by atoms with Gasteiger partial charge in [0.15, 0.2) is 11.6 Å². The highest BCUT2D eigenvalue weighted by Gasteiger charge is 2.39. The molecule has 4 aromatic rings. The molecule has 3 heterocycles. The summed E-state index contributed by atoms with van der Waals surface area (Å²) in [5.41, 5.74) is 3.33. The topological polar surface area (TPSA) is 184 Å². The molecule has 0 radical (unpaired) electrons. The quantitative estimate of drug-likeness (QED) is 0.120. The fraction of sp³-hybridized carbons (Fsp3) is 0.421. The number of aromatic nitrogens is 4. The first-order valence-corrected chi connectivity index (χ1v) is 17.8. The second-order valence-electron chi connectivity index (χ2n) is 13.4. The van der Waals surface area contributed by atoms with Crippen molar-refractivity contribution < 1.29 is 33.8 Å². The number of urea groups is 1. The van der Waals surface area contributed by atoms with Gasteiger partial charge in [0.1, 0.15) is 17.7 Å². The Morgan fingerprint density at radius 2 is 1.72 bits per heavy atom. The molecule has 1 unspecified atom stereocenters. The van der Waals surface area contributed by atoms with Gasteiger partial charge in [-0.3, -0.25) is 9.36 Å². The molecule has 1 saturated heterocycles. The van der Waals surface area contributed by atoms with E-state index in [4.69, 9.17) is 19.4 Å². The van der Waals surface area contributed by atoms with Crippen molar-refractivity contribution in [2.45, 2.75) is 71.6 Å². The van der Waals surface area contributed by atoms with Crippen LogP contribution in [0.2, 0.25) is 0 Å². The second-order valence-corrected chi connectivity index (χ2v) is 13.4. The van der Waals surface area contributed by atoms with Crippen molar-refractivity contribution in [1.82, 2.24) is 34.6 Å². The van der Waals surface area contributed by atoms with E-state index in [1.165, 1.54) is 14.2 Å². The molecule has 0 spiro atoms. The normalized spacial score (nSPS) is 15.2. The van der Waals surface area contributed by atoms with Gasteiger partial charge in [-0.05, 0) is 43.2 Å². The van der Waals surface area contributed by atoms with Crippen LogP contribution in [-0.4, -0.2) is 98.0 Å². The standard InChI is InChI=1S/C38H48N8O7/c1-7-19-45(38(50)51)37(49)44-20-13-18-29(44)33-39-28(27-17-12-11-16-26(27)25-14-9-8-10-15-25)22-46(33)34-32(40-30(41-34)21-23(2)3)43-35(47)31(24(4)52-5)42-36(48)53-6/h8-12,14-17,22-24,29,31H,7,13,18-21H2,1-6H3,(H,40,41)(H,42,48)(H,43,47)(H,50,51)/t24-,29?,31+/m1/s1. The van der Waals surface area contributed by atoms with Crippen LogP contribution in [0.1, 0.15) is 64.6 Å². The number of hydrogen-bond donors (Lipinski definition) is 4. The molecule has 4 N–H and O–H groups in total. The number of imidazole rings is 2. The van der Waals surface area contributed by atoms with Gasteiger partial charge in [0, 0.05) is 38.4 Å². The van der Waals surface area contributed by atoms with Crippen LogP contribution in [0.15, 0.2) is 60.8 Å². The van der Waals surface area contributed by atoms with Crippen molar-refractivity contribution in [2.24, 2.45) is 5.92 Å². The lowest BCUT2D eigenvalue weighted by atomic mass is 9.98. The molecular formula is C38H48N8O7. The Hall–Kier alpha value is -5.70. The predicted octanol–water partition coefficient (Wildman–Crippen LogP) is 6.47.